The number of anilines is 2. The fraction of sp³-hybridized carbons (Fsp3) is 0.200. The molecule has 0 saturated heterocycles. The molecule has 2 N–H and O–H groups in total. The summed E-state index contributed by atoms with van der Waals surface area (Å²) in [7, 11) is 3.97. The molecule has 0 bridgehead atoms. The maximum Gasteiger partial charge on any atom is 0.147 e. The molecular weight excluding hydrogens is 208 g/mol. The van der Waals surface area contributed by atoms with Crippen LogP contribution in [0.2, 0.25) is 0 Å². The van der Waals surface area contributed by atoms with Gasteiger partial charge in [0.1, 0.15) is 10.8 Å². The van der Waals surface area contributed by atoms with E-state index in [1.165, 1.54) is 11.5 Å². The predicted molar refractivity (Wildman–Crippen MR) is 64.1 cm³/mol. The van der Waals surface area contributed by atoms with Crippen LogP contribution in [0.5, 0.6) is 0 Å². The quantitative estimate of drug-likeness (QED) is 0.839. The predicted octanol–water partition coefficient (Wildman–Crippen LogP) is 1.85. The molecule has 0 saturated carbocycles. The molecule has 4 nitrogen and oxygen atoms in total. The van der Waals surface area contributed by atoms with Crippen molar-refractivity contribution in [3.05, 3.63) is 24.5 Å². The smallest absolute Gasteiger partial charge is 0.147 e. The molecule has 0 spiro atoms. The molecule has 0 aromatic carbocycles. The number of aromatic nitrogens is 2. The van der Waals surface area contributed by atoms with E-state index in [9.17, 15) is 0 Å². The molecule has 5 heteroatoms. The van der Waals surface area contributed by atoms with Gasteiger partial charge in [0.15, 0.2) is 0 Å². The Morgan fingerprint density at radius 3 is 2.53 bits per heavy atom. The number of hydrogen-bond acceptors (Lipinski definition) is 5. The molecule has 0 aliphatic carbocycles. The normalized spacial score (nSPS) is 10.3. The van der Waals surface area contributed by atoms with Crippen molar-refractivity contribution in [1.82, 2.24) is 9.36 Å². The molecule has 2 heterocycles. The molecule has 78 valence electrons. The number of nitrogens with two attached hydrogens (primary N) is 1. The molecule has 2 aromatic rings. The third-order valence-corrected chi connectivity index (χ3v) is 3.11. The summed E-state index contributed by atoms with van der Waals surface area (Å²) in [5.74, 6) is 0.579. The third kappa shape index (κ3) is 1.78. The summed E-state index contributed by atoms with van der Waals surface area (Å²) in [6.07, 6.45) is 3.51. The molecular formula is C10H12N4S. The first-order chi connectivity index (χ1) is 7.20. The summed E-state index contributed by atoms with van der Waals surface area (Å²) in [6.45, 7) is 0. The van der Waals surface area contributed by atoms with E-state index in [1.54, 1.807) is 12.4 Å². The minimum atomic E-state index is 0.579. The van der Waals surface area contributed by atoms with Crippen LogP contribution in [0.3, 0.4) is 0 Å². The molecule has 15 heavy (non-hydrogen) atoms. The zero-order valence-corrected chi connectivity index (χ0v) is 9.45. The summed E-state index contributed by atoms with van der Waals surface area (Å²) >= 11 is 1.41. The molecule has 0 unspecified atom stereocenters. The van der Waals surface area contributed by atoms with Crippen molar-refractivity contribution in [2.45, 2.75) is 0 Å². The lowest BCUT2D eigenvalue weighted by Gasteiger charge is -2.11. The van der Waals surface area contributed by atoms with Crippen LogP contribution >= 0.6 is 11.5 Å². The Morgan fingerprint density at radius 1 is 1.27 bits per heavy atom. The Kier molecular flexibility index (Phi) is 2.55. The molecule has 2 aromatic heterocycles. The van der Waals surface area contributed by atoms with E-state index in [4.69, 9.17) is 5.73 Å². The summed E-state index contributed by atoms with van der Waals surface area (Å²) in [4.78, 5) is 6.01. The van der Waals surface area contributed by atoms with Crippen LogP contribution in [-0.2, 0) is 0 Å². The largest absolute Gasteiger partial charge is 0.382 e. The molecule has 0 amide bonds. The highest BCUT2D eigenvalue weighted by Gasteiger charge is 2.14. The van der Waals surface area contributed by atoms with Crippen molar-refractivity contribution in [2.24, 2.45) is 0 Å². The van der Waals surface area contributed by atoms with Crippen LogP contribution in [0.4, 0.5) is 10.8 Å². The molecule has 0 atom stereocenters. The maximum atomic E-state index is 5.86. The van der Waals surface area contributed by atoms with Crippen molar-refractivity contribution in [3.63, 3.8) is 0 Å². The third-order valence-electron chi connectivity index (χ3n) is 2.08. The Balaban J connectivity index is 2.57. The summed E-state index contributed by atoms with van der Waals surface area (Å²) < 4.78 is 4.17. The van der Waals surface area contributed by atoms with Crippen LogP contribution in [0.1, 0.15) is 0 Å². The van der Waals surface area contributed by atoms with Crippen LogP contribution in [-0.4, -0.2) is 23.5 Å². The lowest BCUT2D eigenvalue weighted by molar-refractivity contribution is 1.16. The van der Waals surface area contributed by atoms with Gasteiger partial charge in [0, 0.05) is 26.5 Å². The Morgan fingerprint density at radius 2 is 1.93 bits per heavy atom. The lowest BCUT2D eigenvalue weighted by Crippen LogP contribution is -2.08. The van der Waals surface area contributed by atoms with Crippen molar-refractivity contribution < 1.29 is 0 Å². The van der Waals surface area contributed by atoms with E-state index in [0.29, 0.717) is 5.82 Å². The van der Waals surface area contributed by atoms with Gasteiger partial charge >= 0.3 is 0 Å². The molecule has 2 rings (SSSR count). The highest BCUT2D eigenvalue weighted by Crippen LogP contribution is 2.37. The van der Waals surface area contributed by atoms with Crippen LogP contribution in [0.25, 0.3) is 11.1 Å². The van der Waals surface area contributed by atoms with Crippen LogP contribution in [0.15, 0.2) is 24.5 Å². The van der Waals surface area contributed by atoms with Crippen LogP contribution in [0, 0.1) is 0 Å². The van der Waals surface area contributed by atoms with Crippen molar-refractivity contribution >= 4 is 22.4 Å². The number of pyridine rings is 1. The van der Waals surface area contributed by atoms with E-state index in [0.717, 1.165) is 16.1 Å². The fourth-order valence-corrected chi connectivity index (χ4v) is 2.14. The first-order valence-electron chi connectivity index (χ1n) is 4.53. The first-order valence-corrected chi connectivity index (χ1v) is 5.30. The zero-order chi connectivity index (χ0) is 10.8. The summed E-state index contributed by atoms with van der Waals surface area (Å²) in [6, 6.07) is 3.88. The first kappa shape index (κ1) is 9.92. The second-order valence-electron chi connectivity index (χ2n) is 3.38. The minimum absolute atomic E-state index is 0.579. The van der Waals surface area contributed by atoms with Gasteiger partial charge in [-0.25, -0.2) is 0 Å². The maximum absolute atomic E-state index is 5.86. The number of nitrogens with zero attached hydrogens (tertiary/aromatic N) is 3. The van der Waals surface area contributed by atoms with E-state index in [-0.39, 0.29) is 0 Å². The van der Waals surface area contributed by atoms with Gasteiger partial charge in [-0.2, -0.15) is 4.37 Å². The minimum Gasteiger partial charge on any atom is -0.382 e. The molecule has 0 aliphatic rings. The Bertz CT molecular complexity index is 450. The van der Waals surface area contributed by atoms with E-state index in [2.05, 4.69) is 9.36 Å². The second kappa shape index (κ2) is 3.86. The fourth-order valence-electron chi connectivity index (χ4n) is 1.39. The summed E-state index contributed by atoms with van der Waals surface area (Å²) in [5, 5.41) is 1.07. The Labute approximate surface area is 92.5 Å². The highest BCUT2D eigenvalue weighted by atomic mass is 32.1. The van der Waals surface area contributed by atoms with Crippen LogP contribution < -0.4 is 10.6 Å². The average molecular weight is 220 g/mol. The summed E-state index contributed by atoms with van der Waals surface area (Å²) in [5.41, 5.74) is 7.91. The molecule has 0 aliphatic heterocycles. The van der Waals surface area contributed by atoms with Gasteiger partial charge in [-0.1, -0.05) is 0 Å². The van der Waals surface area contributed by atoms with E-state index < -0.39 is 0 Å². The standard InChI is InChI=1S/C10H12N4S/c1-14(2)10-8(9(11)13-15-10)7-3-5-12-6-4-7/h3-6H,1-2H3,(H2,11,13). The number of rotatable bonds is 2. The number of nitrogen functional groups attached to an aromatic ring is 1. The molecule has 0 radical (unpaired) electrons. The van der Waals surface area contributed by atoms with Gasteiger partial charge in [0.2, 0.25) is 0 Å². The molecule has 0 fully saturated rings. The lowest BCUT2D eigenvalue weighted by atomic mass is 10.1. The average Bonchev–Trinajstić information content (AvgIpc) is 2.61. The number of hydrogen-bond donors (Lipinski definition) is 1. The van der Waals surface area contributed by atoms with Crippen molar-refractivity contribution in [1.29, 1.82) is 0 Å². The Hall–Kier alpha value is -1.62. The SMILES string of the molecule is CN(C)c1snc(N)c1-c1ccncc1. The monoisotopic (exact) mass is 220 g/mol. The van der Waals surface area contributed by atoms with Gasteiger partial charge in [0.25, 0.3) is 0 Å². The van der Waals surface area contributed by atoms with E-state index in [1.807, 2.05) is 31.1 Å². The van der Waals surface area contributed by atoms with Gasteiger partial charge in [0.05, 0.1) is 5.56 Å². The second-order valence-corrected chi connectivity index (χ2v) is 4.13. The van der Waals surface area contributed by atoms with Gasteiger partial charge < -0.3 is 10.6 Å². The van der Waals surface area contributed by atoms with E-state index >= 15 is 0 Å². The van der Waals surface area contributed by atoms with Gasteiger partial charge in [-0.3, -0.25) is 4.98 Å². The highest BCUT2D eigenvalue weighted by molar-refractivity contribution is 7.11. The van der Waals surface area contributed by atoms with Gasteiger partial charge in [-0.05, 0) is 29.2 Å². The van der Waals surface area contributed by atoms with Crippen molar-refractivity contribution in [2.75, 3.05) is 24.7 Å². The zero-order valence-electron chi connectivity index (χ0n) is 8.64. The van der Waals surface area contributed by atoms with Gasteiger partial charge in [-0.15, -0.1) is 0 Å². The van der Waals surface area contributed by atoms with Crippen molar-refractivity contribution in [3.8, 4) is 11.1 Å². The topological polar surface area (TPSA) is 55.0 Å².